The van der Waals surface area contributed by atoms with E-state index in [9.17, 15) is 0 Å². The first-order valence-corrected chi connectivity index (χ1v) is 5.50. The Hall–Kier alpha value is -0.600. The van der Waals surface area contributed by atoms with Crippen LogP contribution in [0.25, 0.3) is 0 Å². The van der Waals surface area contributed by atoms with Crippen molar-refractivity contribution in [2.45, 2.75) is 19.4 Å². The van der Waals surface area contributed by atoms with Gasteiger partial charge in [0.15, 0.2) is 0 Å². The van der Waals surface area contributed by atoms with E-state index in [2.05, 4.69) is 59.0 Å². The minimum Gasteiger partial charge on any atom is -0.313 e. The van der Waals surface area contributed by atoms with Crippen molar-refractivity contribution < 1.29 is 0 Å². The van der Waals surface area contributed by atoms with Crippen LogP contribution < -0.4 is 5.32 Å². The average Bonchev–Trinajstić information content (AvgIpc) is 2.15. The number of benzene rings is 1. The van der Waals surface area contributed by atoms with Crippen molar-refractivity contribution in [1.82, 2.24) is 5.32 Å². The molecule has 0 heterocycles. The predicted octanol–water partition coefficient (Wildman–Crippen LogP) is 3.68. The summed E-state index contributed by atoms with van der Waals surface area (Å²) in [6.45, 7) is 6.00. The quantitative estimate of drug-likeness (QED) is 0.808. The molecule has 0 aliphatic carbocycles. The Kier molecular flexibility index (Phi) is 4.36. The molecule has 76 valence electrons. The fourth-order valence-electron chi connectivity index (χ4n) is 1.43. The van der Waals surface area contributed by atoms with Gasteiger partial charge in [-0.2, -0.15) is 0 Å². The molecule has 0 saturated carbocycles. The molecule has 1 aromatic rings. The predicted molar refractivity (Wildman–Crippen MR) is 65.4 cm³/mol. The smallest absolute Gasteiger partial charge is 0.0354 e. The largest absolute Gasteiger partial charge is 0.313 e. The van der Waals surface area contributed by atoms with Crippen LogP contribution in [-0.4, -0.2) is 7.05 Å². The lowest BCUT2D eigenvalue weighted by molar-refractivity contribution is 0.590. The van der Waals surface area contributed by atoms with E-state index in [-0.39, 0.29) is 0 Å². The third-order valence-corrected chi connectivity index (χ3v) is 2.70. The van der Waals surface area contributed by atoms with Gasteiger partial charge in [0.25, 0.3) is 0 Å². The van der Waals surface area contributed by atoms with Gasteiger partial charge in [-0.1, -0.05) is 33.6 Å². The van der Waals surface area contributed by atoms with Crippen LogP contribution >= 0.6 is 15.9 Å². The number of nitrogens with one attached hydrogen (secondary N) is 1. The van der Waals surface area contributed by atoms with Crippen molar-refractivity contribution in [3.63, 3.8) is 0 Å². The van der Waals surface area contributed by atoms with E-state index in [1.165, 1.54) is 11.1 Å². The topological polar surface area (TPSA) is 12.0 Å². The Morgan fingerprint density at radius 1 is 1.43 bits per heavy atom. The van der Waals surface area contributed by atoms with Crippen LogP contribution in [0.5, 0.6) is 0 Å². The average molecular weight is 254 g/mol. The van der Waals surface area contributed by atoms with Gasteiger partial charge < -0.3 is 5.32 Å². The first kappa shape index (κ1) is 11.5. The highest BCUT2D eigenvalue weighted by Gasteiger charge is 2.08. The fourth-order valence-corrected chi connectivity index (χ4v) is 1.69. The van der Waals surface area contributed by atoms with E-state index in [4.69, 9.17) is 0 Å². The lowest BCUT2D eigenvalue weighted by Gasteiger charge is -2.16. The van der Waals surface area contributed by atoms with E-state index in [0.29, 0.717) is 6.04 Å². The molecule has 1 atom stereocenters. The van der Waals surface area contributed by atoms with Crippen LogP contribution in [0.3, 0.4) is 0 Å². The minimum absolute atomic E-state index is 0.376. The second-order valence-corrected chi connectivity index (χ2v) is 4.47. The summed E-state index contributed by atoms with van der Waals surface area (Å²) < 4.78 is 1.12. The maximum absolute atomic E-state index is 3.94. The highest BCUT2D eigenvalue weighted by Crippen LogP contribution is 2.21. The molecule has 0 bridgehead atoms. The molecule has 0 radical (unpaired) electrons. The second-order valence-electron chi connectivity index (χ2n) is 3.55. The van der Waals surface area contributed by atoms with Crippen molar-refractivity contribution in [3.05, 3.63) is 46.5 Å². The molecular formula is C12H16BrN. The normalized spacial score (nSPS) is 12.5. The number of halogens is 1. The second kappa shape index (κ2) is 5.32. The van der Waals surface area contributed by atoms with Crippen molar-refractivity contribution in [3.8, 4) is 0 Å². The molecule has 1 nitrogen and oxygen atoms in total. The highest BCUT2D eigenvalue weighted by molar-refractivity contribution is 9.10. The van der Waals surface area contributed by atoms with E-state index in [1.807, 2.05) is 7.05 Å². The third kappa shape index (κ3) is 3.28. The standard InChI is InChI=1S/C12H16BrN/c1-9(2)8-12(14-3)10-4-6-11(13)7-5-10/h4-7,12,14H,1,8H2,2-3H3. The minimum atomic E-state index is 0.376. The summed E-state index contributed by atoms with van der Waals surface area (Å²) in [7, 11) is 1.98. The van der Waals surface area contributed by atoms with Crippen molar-refractivity contribution >= 4 is 15.9 Å². The van der Waals surface area contributed by atoms with Crippen molar-refractivity contribution in [2.75, 3.05) is 7.05 Å². The van der Waals surface area contributed by atoms with Crippen LogP contribution in [-0.2, 0) is 0 Å². The van der Waals surface area contributed by atoms with E-state index < -0.39 is 0 Å². The summed E-state index contributed by atoms with van der Waals surface area (Å²) in [5.41, 5.74) is 2.51. The first-order chi connectivity index (χ1) is 6.63. The Balaban J connectivity index is 2.78. The number of hydrogen-bond acceptors (Lipinski definition) is 1. The highest BCUT2D eigenvalue weighted by atomic mass is 79.9. The summed E-state index contributed by atoms with van der Waals surface area (Å²) in [6.07, 6.45) is 0.984. The van der Waals surface area contributed by atoms with Gasteiger partial charge in [0.1, 0.15) is 0 Å². The zero-order valence-corrected chi connectivity index (χ0v) is 10.3. The molecule has 1 unspecified atom stereocenters. The molecule has 14 heavy (non-hydrogen) atoms. The maximum Gasteiger partial charge on any atom is 0.0354 e. The lowest BCUT2D eigenvalue weighted by atomic mass is 10.0. The molecule has 1 aromatic carbocycles. The molecule has 0 fully saturated rings. The van der Waals surface area contributed by atoms with Gasteiger partial charge >= 0.3 is 0 Å². The molecule has 0 aromatic heterocycles. The van der Waals surface area contributed by atoms with Gasteiger partial charge in [-0.15, -0.1) is 6.58 Å². The molecule has 0 aliphatic heterocycles. The molecule has 1 N–H and O–H groups in total. The summed E-state index contributed by atoms with van der Waals surface area (Å²) in [5.74, 6) is 0. The van der Waals surface area contributed by atoms with E-state index in [1.54, 1.807) is 0 Å². The molecule has 0 spiro atoms. The third-order valence-electron chi connectivity index (χ3n) is 2.17. The Morgan fingerprint density at radius 2 is 2.00 bits per heavy atom. The van der Waals surface area contributed by atoms with Gasteiger partial charge in [-0.25, -0.2) is 0 Å². The van der Waals surface area contributed by atoms with Crippen LogP contribution in [0, 0.1) is 0 Å². The number of hydrogen-bond donors (Lipinski definition) is 1. The van der Waals surface area contributed by atoms with E-state index in [0.717, 1.165) is 10.9 Å². The zero-order chi connectivity index (χ0) is 10.6. The van der Waals surface area contributed by atoms with Gasteiger partial charge in [0.2, 0.25) is 0 Å². The lowest BCUT2D eigenvalue weighted by Crippen LogP contribution is -2.16. The van der Waals surface area contributed by atoms with Gasteiger partial charge in [-0.05, 0) is 38.1 Å². The van der Waals surface area contributed by atoms with Gasteiger partial charge in [-0.3, -0.25) is 0 Å². The maximum atomic E-state index is 3.94. The monoisotopic (exact) mass is 253 g/mol. The summed E-state index contributed by atoms with van der Waals surface area (Å²) in [6, 6.07) is 8.78. The van der Waals surface area contributed by atoms with Gasteiger partial charge in [0, 0.05) is 10.5 Å². The van der Waals surface area contributed by atoms with Crippen LogP contribution in [0.15, 0.2) is 40.9 Å². The molecule has 0 saturated heterocycles. The zero-order valence-electron chi connectivity index (χ0n) is 8.68. The Labute approximate surface area is 94.3 Å². The fraction of sp³-hybridized carbons (Fsp3) is 0.333. The van der Waals surface area contributed by atoms with Crippen molar-refractivity contribution in [1.29, 1.82) is 0 Å². The Morgan fingerprint density at radius 3 is 2.43 bits per heavy atom. The van der Waals surface area contributed by atoms with E-state index >= 15 is 0 Å². The Bertz CT molecular complexity index is 303. The van der Waals surface area contributed by atoms with Crippen LogP contribution in [0.1, 0.15) is 24.9 Å². The molecule has 2 heteroatoms. The molecule has 0 aliphatic rings. The summed E-state index contributed by atoms with van der Waals surface area (Å²) >= 11 is 3.43. The van der Waals surface area contributed by atoms with Crippen LogP contribution in [0.4, 0.5) is 0 Å². The van der Waals surface area contributed by atoms with Gasteiger partial charge in [0.05, 0.1) is 0 Å². The summed E-state index contributed by atoms with van der Waals surface area (Å²) in [5, 5.41) is 3.29. The van der Waals surface area contributed by atoms with Crippen LogP contribution in [0.2, 0.25) is 0 Å². The SMILES string of the molecule is C=C(C)CC(NC)c1ccc(Br)cc1. The first-order valence-electron chi connectivity index (χ1n) is 4.70. The summed E-state index contributed by atoms with van der Waals surface area (Å²) in [4.78, 5) is 0. The number of rotatable bonds is 4. The molecular weight excluding hydrogens is 238 g/mol. The molecule has 1 rings (SSSR count). The molecule has 0 amide bonds. The van der Waals surface area contributed by atoms with Crippen molar-refractivity contribution in [2.24, 2.45) is 0 Å².